The maximum absolute atomic E-state index is 11.4. The lowest BCUT2D eigenvalue weighted by Gasteiger charge is -2.14. The van der Waals surface area contributed by atoms with Crippen LogP contribution in [0.15, 0.2) is 0 Å². The molecule has 0 fully saturated rings. The van der Waals surface area contributed by atoms with Gasteiger partial charge in [-0.15, -0.1) is 0 Å². The van der Waals surface area contributed by atoms with Gasteiger partial charge in [-0.3, -0.25) is 0 Å². The van der Waals surface area contributed by atoms with Gasteiger partial charge in [0, 0.05) is 13.1 Å². The molecule has 2 amide bonds. The van der Waals surface area contributed by atoms with Crippen molar-refractivity contribution in [3.05, 3.63) is 0 Å². The molecule has 0 heterocycles. The van der Waals surface area contributed by atoms with E-state index in [9.17, 15) is 18.0 Å². The predicted octanol–water partition coefficient (Wildman–Crippen LogP) is -0.959. The summed E-state index contributed by atoms with van der Waals surface area (Å²) in [5.41, 5.74) is 0. The van der Waals surface area contributed by atoms with Crippen LogP contribution in [0.1, 0.15) is 6.42 Å². The van der Waals surface area contributed by atoms with Crippen LogP contribution in [0.4, 0.5) is 4.79 Å². The molecule has 19 heavy (non-hydrogen) atoms. The molecule has 1 atom stereocenters. The Kier molecular flexibility index (Phi) is 8.52. The van der Waals surface area contributed by atoms with Crippen molar-refractivity contribution >= 4 is 33.8 Å². The molecule has 10 heteroatoms. The number of aliphatic carboxylic acids is 1. The highest BCUT2D eigenvalue weighted by Gasteiger charge is 2.18. The number of carboxylic acid groups (broad SMARTS) is 1. The number of hydrogen-bond donors (Lipinski definition) is 4. The number of carbonyl (C=O) groups excluding carboxylic acids is 1. The molecule has 0 aliphatic rings. The second-order valence-corrected chi connectivity index (χ2v) is 6.56. The summed E-state index contributed by atoms with van der Waals surface area (Å²) >= 11 is 1.49. The van der Waals surface area contributed by atoms with Crippen molar-refractivity contribution in [3.63, 3.8) is 0 Å². The summed E-state index contributed by atoms with van der Waals surface area (Å²) in [4.78, 5) is 22.2. The van der Waals surface area contributed by atoms with E-state index >= 15 is 0 Å². The number of hydrogen-bond acceptors (Lipinski definition) is 5. The van der Waals surface area contributed by atoms with Crippen molar-refractivity contribution < 1.29 is 23.1 Å². The van der Waals surface area contributed by atoms with Crippen LogP contribution in [0.5, 0.6) is 0 Å². The average molecular weight is 313 g/mol. The zero-order valence-corrected chi connectivity index (χ0v) is 12.4. The van der Waals surface area contributed by atoms with Crippen molar-refractivity contribution in [2.75, 3.05) is 31.4 Å². The summed E-state index contributed by atoms with van der Waals surface area (Å²) in [6.45, 7) is 0.128. The Morgan fingerprint density at radius 3 is 2.42 bits per heavy atom. The molecule has 0 spiro atoms. The zero-order chi connectivity index (χ0) is 14.9. The van der Waals surface area contributed by atoms with Gasteiger partial charge in [0.25, 0.3) is 0 Å². The van der Waals surface area contributed by atoms with Gasteiger partial charge >= 0.3 is 12.0 Å². The smallest absolute Gasteiger partial charge is 0.326 e. The first kappa shape index (κ1) is 18.0. The van der Waals surface area contributed by atoms with E-state index in [1.807, 2.05) is 6.26 Å². The molecule has 0 aliphatic heterocycles. The zero-order valence-electron chi connectivity index (χ0n) is 10.8. The molecular formula is C9H19N3O5S2. The van der Waals surface area contributed by atoms with Gasteiger partial charge in [-0.25, -0.2) is 22.7 Å². The third-order valence-electron chi connectivity index (χ3n) is 1.99. The topological polar surface area (TPSA) is 125 Å². The van der Waals surface area contributed by atoms with Crippen LogP contribution >= 0.6 is 11.8 Å². The number of urea groups is 1. The Morgan fingerprint density at radius 2 is 1.95 bits per heavy atom. The lowest BCUT2D eigenvalue weighted by atomic mass is 10.2. The Bertz CT molecular complexity index is 399. The molecule has 0 aromatic carbocycles. The lowest BCUT2D eigenvalue weighted by Crippen LogP contribution is -2.47. The van der Waals surface area contributed by atoms with Gasteiger partial charge < -0.3 is 15.7 Å². The van der Waals surface area contributed by atoms with Crippen LogP contribution in [0, 0.1) is 0 Å². The van der Waals surface area contributed by atoms with E-state index in [1.54, 1.807) is 0 Å². The number of amides is 2. The third kappa shape index (κ3) is 10.6. The minimum atomic E-state index is -3.29. The summed E-state index contributed by atoms with van der Waals surface area (Å²) in [5, 5.41) is 13.6. The molecule has 8 nitrogen and oxygen atoms in total. The van der Waals surface area contributed by atoms with Gasteiger partial charge in [-0.1, -0.05) is 0 Å². The maximum atomic E-state index is 11.4. The second kappa shape index (κ2) is 8.99. The van der Waals surface area contributed by atoms with Crippen molar-refractivity contribution in [2.24, 2.45) is 0 Å². The van der Waals surface area contributed by atoms with Crippen LogP contribution in [-0.4, -0.2) is 62.9 Å². The Hall–Kier alpha value is -1.00. The van der Waals surface area contributed by atoms with Crippen molar-refractivity contribution in [2.45, 2.75) is 12.5 Å². The summed E-state index contributed by atoms with van der Waals surface area (Å²) in [5.74, 6) is -0.481. The molecule has 0 unspecified atom stereocenters. The van der Waals surface area contributed by atoms with Crippen molar-refractivity contribution in [1.82, 2.24) is 15.4 Å². The highest BCUT2D eigenvalue weighted by molar-refractivity contribution is 7.98. The Labute approximate surface area is 116 Å². The van der Waals surface area contributed by atoms with Crippen LogP contribution in [-0.2, 0) is 14.8 Å². The fraction of sp³-hybridized carbons (Fsp3) is 0.778. The average Bonchev–Trinajstić information content (AvgIpc) is 2.28. The van der Waals surface area contributed by atoms with Crippen LogP contribution in [0.3, 0.4) is 0 Å². The maximum Gasteiger partial charge on any atom is 0.326 e. The molecule has 0 radical (unpaired) electrons. The van der Waals surface area contributed by atoms with Crippen LogP contribution < -0.4 is 15.4 Å². The van der Waals surface area contributed by atoms with Crippen molar-refractivity contribution in [3.8, 4) is 0 Å². The van der Waals surface area contributed by atoms with Gasteiger partial charge in [0.1, 0.15) is 6.04 Å². The van der Waals surface area contributed by atoms with E-state index < -0.39 is 28.1 Å². The van der Waals surface area contributed by atoms with Crippen LogP contribution in [0.2, 0.25) is 0 Å². The molecule has 0 aliphatic carbocycles. The number of thioether (sulfide) groups is 1. The lowest BCUT2D eigenvalue weighted by molar-refractivity contribution is -0.139. The van der Waals surface area contributed by atoms with E-state index in [0.717, 1.165) is 6.26 Å². The molecule has 4 N–H and O–H groups in total. The van der Waals surface area contributed by atoms with Gasteiger partial charge in [-0.05, 0) is 18.4 Å². The first-order valence-electron chi connectivity index (χ1n) is 5.47. The minimum absolute atomic E-state index is 0.0504. The Balaban J connectivity index is 3.96. The van der Waals surface area contributed by atoms with Gasteiger partial charge in [0.2, 0.25) is 10.0 Å². The Morgan fingerprint density at radius 1 is 1.32 bits per heavy atom. The first-order chi connectivity index (χ1) is 8.76. The van der Waals surface area contributed by atoms with Crippen LogP contribution in [0.25, 0.3) is 0 Å². The normalized spacial score (nSPS) is 12.7. The SMILES string of the molecule is CSCC[C@H](NC(=O)NCCNS(C)(=O)=O)C(=O)O. The van der Waals surface area contributed by atoms with Crippen molar-refractivity contribution in [1.29, 1.82) is 0 Å². The molecule has 0 saturated heterocycles. The quantitative estimate of drug-likeness (QED) is 0.406. The first-order valence-corrected chi connectivity index (χ1v) is 8.75. The van der Waals surface area contributed by atoms with E-state index in [2.05, 4.69) is 15.4 Å². The van der Waals surface area contributed by atoms with E-state index in [-0.39, 0.29) is 13.1 Å². The fourth-order valence-corrected chi connectivity index (χ4v) is 2.06. The summed E-state index contributed by atoms with van der Waals surface area (Å²) in [7, 11) is -3.29. The largest absolute Gasteiger partial charge is 0.480 e. The highest BCUT2D eigenvalue weighted by atomic mass is 32.2. The number of sulfonamides is 1. The summed E-state index contributed by atoms with van der Waals surface area (Å²) in [6, 6.07) is -1.58. The number of rotatable bonds is 9. The summed E-state index contributed by atoms with van der Waals surface area (Å²) in [6.07, 6.45) is 3.18. The standard InChI is InChI=1S/C9H19N3O5S2/c1-18-6-3-7(8(13)14)12-9(15)10-4-5-11-19(2,16)17/h7,11H,3-6H2,1-2H3,(H,13,14)(H2,10,12,15)/t7-/m0/s1. The third-order valence-corrected chi connectivity index (χ3v) is 3.36. The molecular weight excluding hydrogens is 294 g/mol. The number of carbonyl (C=O) groups is 2. The fourth-order valence-electron chi connectivity index (χ4n) is 1.11. The molecule has 0 bridgehead atoms. The van der Waals surface area contributed by atoms with Gasteiger partial charge in [0.05, 0.1) is 6.26 Å². The second-order valence-electron chi connectivity index (χ2n) is 3.74. The van der Waals surface area contributed by atoms with Gasteiger partial charge in [-0.2, -0.15) is 11.8 Å². The number of carboxylic acids is 1. The monoisotopic (exact) mass is 313 g/mol. The molecule has 0 saturated carbocycles. The molecule has 0 aromatic heterocycles. The highest BCUT2D eigenvalue weighted by Crippen LogP contribution is 2.00. The summed E-state index contributed by atoms with van der Waals surface area (Å²) < 4.78 is 23.7. The molecule has 112 valence electrons. The van der Waals surface area contributed by atoms with E-state index in [0.29, 0.717) is 12.2 Å². The van der Waals surface area contributed by atoms with E-state index in [1.165, 1.54) is 11.8 Å². The number of nitrogens with one attached hydrogen (secondary N) is 3. The van der Waals surface area contributed by atoms with Gasteiger partial charge in [0.15, 0.2) is 0 Å². The van der Waals surface area contributed by atoms with E-state index in [4.69, 9.17) is 5.11 Å². The molecule has 0 aromatic rings. The molecule has 0 rings (SSSR count). The minimum Gasteiger partial charge on any atom is -0.480 e. The predicted molar refractivity (Wildman–Crippen MR) is 73.8 cm³/mol.